The number of aryl methyl sites for hydroxylation is 1. The van der Waals surface area contributed by atoms with E-state index in [9.17, 15) is 0 Å². The third kappa shape index (κ3) is 7.48. The van der Waals surface area contributed by atoms with Gasteiger partial charge < -0.3 is 20.1 Å². The molecule has 0 radical (unpaired) electrons. The molecule has 2 aromatic rings. The van der Waals surface area contributed by atoms with Crippen LogP contribution >= 0.6 is 0 Å². The standard InChI is InChI=1S/C34H44N7O2/c1-8-12-29(40-19-16-35-17-20-40)33(42-7)32-28(10-3)36-23-37-34(32)39-26-13-14-31(25(6)21-26)43-27-15-18-41(38-11-4)30(22-27)24(5)9-2/h10-15,18-19,21-23,35H,8-9,16-17,20H2,1-7H3,(H,36,37,39)/q+1/b28-10+,29-12-,30-24-,33-32-,38-11-. The number of rotatable bonds is 10. The summed E-state index contributed by atoms with van der Waals surface area (Å²) in [6.07, 6.45) is 17.4. The number of allylic oxidation sites excluding steroid dienone is 4. The van der Waals surface area contributed by atoms with Crippen LogP contribution in [0.2, 0.25) is 0 Å². The highest BCUT2D eigenvalue weighted by atomic mass is 16.5. The van der Waals surface area contributed by atoms with Crippen molar-refractivity contribution in [3.63, 3.8) is 0 Å². The fraction of sp³-hybridized carbons (Fsp3) is 0.353. The molecular weight excluding hydrogens is 538 g/mol. The predicted octanol–water partition coefficient (Wildman–Crippen LogP) is 4.85. The Labute approximate surface area is 255 Å². The molecule has 0 saturated carbocycles. The maximum atomic E-state index is 6.34. The van der Waals surface area contributed by atoms with Crippen LogP contribution in [0.1, 0.15) is 53.0 Å². The molecule has 0 fully saturated rings. The van der Waals surface area contributed by atoms with Crippen molar-refractivity contribution in [2.45, 2.75) is 54.4 Å². The minimum atomic E-state index is 0.671. The Kier molecular flexibility index (Phi) is 11.0. The van der Waals surface area contributed by atoms with E-state index in [-0.39, 0.29) is 0 Å². The van der Waals surface area contributed by atoms with Gasteiger partial charge in [-0.1, -0.05) is 19.9 Å². The average Bonchev–Trinajstić information content (AvgIpc) is 3.03. The van der Waals surface area contributed by atoms with E-state index < -0.39 is 0 Å². The number of hydrogen-bond acceptors (Lipinski definition) is 8. The second-order valence-corrected chi connectivity index (χ2v) is 10.2. The molecule has 226 valence electrons. The molecule has 1 aromatic carbocycles. The van der Waals surface area contributed by atoms with Crippen LogP contribution in [0.25, 0.3) is 11.8 Å². The minimum Gasteiger partial charge on any atom is -0.490 e. The van der Waals surface area contributed by atoms with E-state index in [1.807, 2.05) is 62.3 Å². The van der Waals surface area contributed by atoms with Gasteiger partial charge in [-0.05, 0) is 82.0 Å². The minimum absolute atomic E-state index is 0.671. The zero-order valence-electron chi connectivity index (χ0n) is 26.4. The fourth-order valence-electron chi connectivity index (χ4n) is 4.96. The molecule has 0 atom stereocenters. The highest BCUT2D eigenvalue weighted by molar-refractivity contribution is 5.67. The van der Waals surface area contributed by atoms with Gasteiger partial charge in [0.25, 0.3) is 0 Å². The lowest BCUT2D eigenvalue weighted by Crippen LogP contribution is -2.39. The van der Waals surface area contributed by atoms with E-state index in [0.717, 1.165) is 83.0 Å². The van der Waals surface area contributed by atoms with Gasteiger partial charge in [-0.25, -0.2) is 15.0 Å². The molecule has 0 spiro atoms. The van der Waals surface area contributed by atoms with Gasteiger partial charge in [-0.2, -0.15) is 9.68 Å². The number of nitrogens with zero attached hydrogens (tertiary/aromatic N) is 5. The summed E-state index contributed by atoms with van der Waals surface area (Å²) in [5, 5.41) is 14.9. The molecule has 3 heterocycles. The zero-order chi connectivity index (χ0) is 30.8. The fourth-order valence-corrected chi connectivity index (χ4v) is 4.96. The molecular formula is C34H44N7O2+. The molecule has 2 aliphatic rings. The molecule has 0 bridgehead atoms. The van der Waals surface area contributed by atoms with Gasteiger partial charge in [-0.3, -0.25) is 0 Å². The van der Waals surface area contributed by atoms with Crippen LogP contribution in [-0.2, 0) is 4.74 Å². The Morgan fingerprint density at radius 3 is 2.72 bits per heavy atom. The maximum absolute atomic E-state index is 6.34. The lowest BCUT2D eigenvalue weighted by atomic mass is 10.1. The quantitative estimate of drug-likeness (QED) is 0.306. The molecule has 43 heavy (non-hydrogen) atoms. The SMILES string of the molecule is C/C=N\N1C=CC(Oc2ccc(Nc3ncnc(=C/C)/c3=C(OC)\C(=C\CC)[N+]3=CCNCC3)cc2C)=C/C1=C(\C)CC. The summed E-state index contributed by atoms with van der Waals surface area (Å²) in [5.41, 5.74) is 5.14. The Balaban J connectivity index is 1.70. The normalized spacial score (nSPS) is 18.0. The topological polar surface area (TPSA) is 86.9 Å². The largest absolute Gasteiger partial charge is 0.490 e. The van der Waals surface area contributed by atoms with Crippen molar-refractivity contribution in [1.82, 2.24) is 20.3 Å². The van der Waals surface area contributed by atoms with Crippen molar-refractivity contribution in [2.24, 2.45) is 5.10 Å². The van der Waals surface area contributed by atoms with Gasteiger partial charge in [0.2, 0.25) is 11.5 Å². The molecule has 0 aliphatic carbocycles. The number of ether oxygens (including phenoxy) is 2. The van der Waals surface area contributed by atoms with Crippen LogP contribution < -0.4 is 25.9 Å². The molecule has 9 heteroatoms. The smallest absolute Gasteiger partial charge is 0.244 e. The van der Waals surface area contributed by atoms with Crippen LogP contribution in [0.4, 0.5) is 11.5 Å². The summed E-state index contributed by atoms with van der Waals surface area (Å²) >= 11 is 0. The van der Waals surface area contributed by atoms with E-state index >= 15 is 0 Å². The molecule has 2 N–H and O–H groups in total. The number of hydrogen-bond donors (Lipinski definition) is 2. The first-order chi connectivity index (χ1) is 20.9. The molecule has 2 aliphatic heterocycles. The van der Waals surface area contributed by atoms with Crippen molar-refractivity contribution in [3.05, 3.63) is 87.8 Å². The highest BCUT2D eigenvalue weighted by Gasteiger charge is 2.23. The first kappa shape index (κ1) is 31.4. The molecule has 0 unspecified atom stereocenters. The Morgan fingerprint density at radius 2 is 2.07 bits per heavy atom. The van der Waals surface area contributed by atoms with Gasteiger partial charge in [0.1, 0.15) is 23.7 Å². The van der Waals surface area contributed by atoms with E-state index in [2.05, 4.69) is 69.4 Å². The van der Waals surface area contributed by atoms with E-state index in [0.29, 0.717) is 5.82 Å². The number of hydrazone groups is 1. The summed E-state index contributed by atoms with van der Waals surface area (Å²) < 4.78 is 14.7. The highest BCUT2D eigenvalue weighted by Crippen LogP contribution is 2.28. The third-order valence-electron chi connectivity index (χ3n) is 7.29. The Morgan fingerprint density at radius 1 is 1.23 bits per heavy atom. The van der Waals surface area contributed by atoms with Crippen LogP contribution in [0.5, 0.6) is 5.75 Å². The van der Waals surface area contributed by atoms with E-state index in [1.165, 1.54) is 5.57 Å². The number of nitrogens with one attached hydrogen (secondary N) is 2. The summed E-state index contributed by atoms with van der Waals surface area (Å²) in [7, 11) is 1.71. The second-order valence-electron chi connectivity index (χ2n) is 10.2. The summed E-state index contributed by atoms with van der Waals surface area (Å²) in [6, 6.07) is 6.04. The lowest BCUT2D eigenvalue weighted by molar-refractivity contribution is -0.470. The van der Waals surface area contributed by atoms with Crippen LogP contribution in [0, 0.1) is 6.92 Å². The van der Waals surface area contributed by atoms with Crippen LogP contribution in [-0.4, -0.2) is 58.7 Å². The van der Waals surface area contributed by atoms with Gasteiger partial charge >= 0.3 is 0 Å². The molecule has 9 nitrogen and oxygen atoms in total. The number of benzene rings is 1. The summed E-state index contributed by atoms with van der Waals surface area (Å²) in [6.45, 7) is 14.9. The average molecular weight is 583 g/mol. The maximum Gasteiger partial charge on any atom is 0.244 e. The van der Waals surface area contributed by atoms with Crippen LogP contribution in [0.15, 0.2) is 76.8 Å². The van der Waals surface area contributed by atoms with Gasteiger partial charge in [-0.15, -0.1) is 0 Å². The number of aromatic nitrogens is 2. The summed E-state index contributed by atoms with van der Waals surface area (Å²) in [5.74, 6) is 2.94. The molecule has 1 aromatic heterocycles. The molecule has 4 rings (SSSR count). The van der Waals surface area contributed by atoms with Crippen molar-refractivity contribution in [1.29, 1.82) is 0 Å². The predicted molar refractivity (Wildman–Crippen MR) is 176 cm³/mol. The molecule has 0 amide bonds. The van der Waals surface area contributed by atoms with Crippen molar-refractivity contribution >= 4 is 35.8 Å². The molecule has 0 saturated heterocycles. The third-order valence-corrected chi connectivity index (χ3v) is 7.29. The number of anilines is 2. The summed E-state index contributed by atoms with van der Waals surface area (Å²) in [4.78, 5) is 9.23. The van der Waals surface area contributed by atoms with Gasteiger partial charge in [0.15, 0.2) is 12.8 Å². The van der Waals surface area contributed by atoms with Gasteiger partial charge in [0, 0.05) is 24.2 Å². The van der Waals surface area contributed by atoms with E-state index in [1.54, 1.807) is 19.7 Å². The zero-order valence-corrected chi connectivity index (χ0v) is 26.4. The van der Waals surface area contributed by atoms with Crippen molar-refractivity contribution in [3.8, 4) is 5.75 Å². The monoisotopic (exact) mass is 582 g/mol. The Bertz CT molecular complexity index is 1630. The number of methoxy groups -OCH3 is 1. The van der Waals surface area contributed by atoms with Crippen LogP contribution in [0.3, 0.4) is 0 Å². The second kappa shape index (κ2) is 15.1. The van der Waals surface area contributed by atoms with E-state index in [4.69, 9.17) is 9.47 Å². The van der Waals surface area contributed by atoms with Gasteiger partial charge in [0.05, 0.1) is 36.5 Å². The van der Waals surface area contributed by atoms with Crippen molar-refractivity contribution in [2.75, 3.05) is 32.1 Å². The first-order valence-corrected chi connectivity index (χ1v) is 14.9. The lowest BCUT2D eigenvalue weighted by Gasteiger charge is -2.23. The first-order valence-electron chi connectivity index (χ1n) is 14.9. The van der Waals surface area contributed by atoms with Crippen molar-refractivity contribution < 1.29 is 14.0 Å². The Hall–Kier alpha value is -4.50.